The first-order valence-corrected chi connectivity index (χ1v) is 6.37. The van der Waals surface area contributed by atoms with E-state index in [0.717, 1.165) is 19.6 Å². The molecule has 0 N–H and O–H groups in total. The number of hydrogen-bond acceptors (Lipinski definition) is 5. The first kappa shape index (κ1) is 17.4. The molecule has 5 heteroatoms. The zero-order chi connectivity index (χ0) is 14.8. The van der Waals surface area contributed by atoms with Crippen molar-refractivity contribution in [2.24, 2.45) is 0 Å². The lowest BCUT2D eigenvalue weighted by Gasteiger charge is -2.19. The van der Waals surface area contributed by atoms with Crippen molar-refractivity contribution in [2.45, 2.75) is 33.6 Å². The van der Waals surface area contributed by atoms with Crippen LogP contribution in [-0.4, -0.2) is 36.5 Å². The molecule has 0 fully saturated rings. The molecule has 0 rings (SSSR count). The summed E-state index contributed by atoms with van der Waals surface area (Å²) in [6, 6.07) is 0. The fourth-order valence-electron chi connectivity index (χ4n) is 1.52. The summed E-state index contributed by atoms with van der Waals surface area (Å²) in [5.41, 5.74) is 0.479. The minimum Gasteiger partial charge on any atom is -0.545 e. The summed E-state index contributed by atoms with van der Waals surface area (Å²) >= 11 is 0. The van der Waals surface area contributed by atoms with Gasteiger partial charge in [-0.25, -0.2) is 0 Å². The Bertz CT molecular complexity index is 338. The normalized spacial score (nSPS) is 12.8. The predicted molar refractivity (Wildman–Crippen MR) is 68.9 cm³/mol. The highest BCUT2D eigenvalue weighted by Gasteiger charge is 2.00. The maximum atomic E-state index is 10.5. The lowest BCUT2D eigenvalue weighted by molar-refractivity contribution is -0.300. The van der Waals surface area contributed by atoms with Gasteiger partial charge in [0.05, 0.1) is 11.9 Å². The Morgan fingerprint density at radius 2 is 1.32 bits per heavy atom. The molecule has 108 valence electrons. The molecule has 0 aromatic carbocycles. The first-order valence-electron chi connectivity index (χ1n) is 6.37. The van der Waals surface area contributed by atoms with Crippen molar-refractivity contribution in [1.82, 2.24) is 4.90 Å². The number of carboxylic acids is 2. The Morgan fingerprint density at radius 3 is 1.58 bits per heavy atom. The van der Waals surface area contributed by atoms with Crippen molar-refractivity contribution in [3.8, 4) is 0 Å². The van der Waals surface area contributed by atoms with E-state index in [4.69, 9.17) is 0 Å². The van der Waals surface area contributed by atoms with Crippen LogP contribution in [0.4, 0.5) is 0 Å². The predicted octanol–water partition coefficient (Wildman–Crippen LogP) is -0.519. The highest BCUT2D eigenvalue weighted by atomic mass is 16.4. The zero-order valence-corrected chi connectivity index (χ0v) is 11.8. The van der Waals surface area contributed by atoms with Gasteiger partial charge < -0.3 is 24.7 Å². The van der Waals surface area contributed by atoms with Crippen LogP contribution >= 0.6 is 0 Å². The van der Waals surface area contributed by atoms with Crippen LogP contribution in [0.1, 0.15) is 33.6 Å². The van der Waals surface area contributed by atoms with E-state index in [0.29, 0.717) is 12.8 Å². The largest absolute Gasteiger partial charge is 0.545 e. The molecular weight excluding hydrogens is 246 g/mol. The lowest BCUT2D eigenvalue weighted by Crippen LogP contribution is -2.27. The standard InChI is InChI=1S/C14H23NO4/c1-4-15(9-5-7-11(2)13(16)17)10-6-8-12(3)14(18)19/h7-8H,4-6,9-10H2,1-3H3,(H,16,17)(H,18,19)/p-2/b11-7+,12-8+. The van der Waals surface area contributed by atoms with Gasteiger partial charge in [-0.15, -0.1) is 0 Å². The molecule has 0 radical (unpaired) electrons. The number of carbonyl (C=O) groups excluding carboxylic acids is 2. The summed E-state index contributed by atoms with van der Waals surface area (Å²) in [4.78, 5) is 23.1. The number of rotatable bonds is 9. The Balaban J connectivity index is 4.10. The van der Waals surface area contributed by atoms with Gasteiger partial charge in [0.25, 0.3) is 0 Å². The smallest absolute Gasteiger partial charge is 0.0668 e. The van der Waals surface area contributed by atoms with Crippen LogP contribution < -0.4 is 10.2 Å². The van der Waals surface area contributed by atoms with Crippen molar-refractivity contribution in [1.29, 1.82) is 0 Å². The molecule has 0 heterocycles. The molecule has 5 nitrogen and oxygen atoms in total. The molecule has 0 aromatic heterocycles. The highest BCUT2D eigenvalue weighted by molar-refractivity contribution is 5.84. The van der Waals surface area contributed by atoms with Crippen molar-refractivity contribution in [3.05, 3.63) is 23.3 Å². The Labute approximate surface area is 114 Å². The Kier molecular flexibility index (Phi) is 8.53. The second-order valence-corrected chi connectivity index (χ2v) is 4.36. The van der Waals surface area contributed by atoms with E-state index in [9.17, 15) is 19.8 Å². The third-order valence-electron chi connectivity index (χ3n) is 2.88. The summed E-state index contributed by atoms with van der Waals surface area (Å²) in [6.45, 7) is 7.33. The van der Waals surface area contributed by atoms with Crippen LogP contribution in [0, 0.1) is 0 Å². The van der Waals surface area contributed by atoms with Crippen molar-refractivity contribution < 1.29 is 19.8 Å². The van der Waals surface area contributed by atoms with Gasteiger partial charge in [0.1, 0.15) is 0 Å². The van der Waals surface area contributed by atoms with Gasteiger partial charge in [-0.05, 0) is 44.4 Å². The second kappa shape index (κ2) is 9.33. The number of nitrogens with zero attached hydrogens (tertiary/aromatic N) is 1. The van der Waals surface area contributed by atoms with Gasteiger partial charge in [0.15, 0.2) is 0 Å². The minimum absolute atomic E-state index is 0.240. The van der Waals surface area contributed by atoms with Gasteiger partial charge in [0.2, 0.25) is 0 Å². The van der Waals surface area contributed by atoms with Crippen LogP contribution in [0.25, 0.3) is 0 Å². The van der Waals surface area contributed by atoms with Crippen LogP contribution in [0.5, 0.6) is 0 Å². The third kappa shape index (κ3) is 8.15. The molecule has 0 aromatic rings. The molecule has 0 spiro atoms. The van der Waals surface area contributed by atoms with E-state index in [1.165, 1.54) is 13.8 Å². The molecule has 0 aliphatic rings. The molecule has 0 bridgehead atoms. The summed E-state index contributed by atoms with van der Waals surface area (Å²) < 4.78 is 0. The summed E-state index contributed by atoms with van der Waals surface area (Å²) in [6.07, 6.45) is 4.55. The SMILES string of the molecule is CCN(CC/C=C(\C)C(=O)[O-])CC/C=C(\C)C(=O)[O-]. The monoisotopic (exact) mass is 267 g/mol. The number of aliphatic carboxylic acids is 2. The average Bonchev–Trinajstić information content (AvgIpc) is 2.35. The summed E-state index contributed by atoms with van der Waals surface area (Å²) in [7, 11) is 0. The van der Waals surface area contributed by atoms with Gasteiger partial charge >= 0.3 is 0 Å². The van der Waals surface area contributed by atoms with Gasteiger partial charge in [-0.3, -0.25) is 0 Å². The number of carboxylic acid groups (broad SMARTS) is 2. The second-order valence-electron chi connectivity index (χ2n) is 4.36. The van der Waals surface area contributed by atoms with Gasteiger partial charge in [0, 0.05) is 13.1 Å². The van der Waals surface area contributed by atoms with Gasteiger partial charge in [-0.1, -0.05) is 19.1 Å². The maximum absolute atomic E-state index is 10.5. The van der Waals surface area contributed by atoms with Crippen molar-refractivity contribution in [2.75, 3.05) is 19.6 Å². The molecule has 0 atom stereocenters. The van der Waals surface area contributed by atoms with Gasteiger partial charge in [-0.2, -0.15) is 0 Å². The van der Waals surface area contributed by atoms with E-state index in [2.05, 4.69) is 4.90 Å². The fraction of sp³-hybridized carbons (Fsp3) is 0.571. The molecule has 0 unspecified atom stereocenters. The van der Waals surface area contributed by atoms with E-state index in [1.54, 1.807) is 12.2 Å². The third-order valence-corrected chi connectivity index (χ3v) is 2.88. The van der Waals surface area contributed by atoms with Crippen molar-refractivity contribution in [3.63, 3.8) is 0 Å². The lowest BCUT2D eigenvalue weighted by atomic mass is 10.2. The molecule has 0 aliphatic heterocycles. The van der Waals surface area contributed by atoms with E-state index in [-0.39, 0.29) is 11.1 Å². The fourth-order valence-corrected chi connectivity index (χ4v) is 1.52. The molecule has 0 amide bonds. The number of hydrogen-bond donors (Lipinski definition) is 0. The first-order chi connectivity index (χ1) is 8.88. The Morgan fingerprint density at radius 1 is 0.947 bits per heavy atom. The van der Waals surface area contributed by atoms with Crippen molar-refractivity contribution >= 4 is 11.9 Å². The summed E-state index contributed by atoms with van der Waals surface area (Å²) in [5.74, 6) is -2.29. The highest BCUT2D eigenvalue weighted by Crippen LogP contribution is 2.00. The molecule has 0 saturated carbocycles. The van der Waals surface area contributed by atoms with Crippen LogP contribution in [0.3, 0.4) is 0 Å². The molecular formula is C14H21NO4-2. The molecule has 0 aliphatic carbocycles. The quantitative estimate of drug-likeness (QED) is 0.525. The zero-order valence-electron chi connectivity index (χ0n) is 11.8. The topological polar surface area (TPSA) is 83.5 Å². The molecule has 0 saturated heterocycles. The Hall–Kier alpha value is -1.62. The van der Waals surface area contributed by atoms with E-state index in [1.807, 2.05) is 6.92 Å². The van der Waals surface area contributed by atoms with Crippen LogP contribution in [-0.2, 0) is 9.59 Å². The number of carbonyl (C=O) groups is 2. The van der Waals surface area contributed by atoms with Crippen LogP contribution in [0.2, 0.25) is 0 Å². The minimum atomic E-state index is -1.14. The average molecular weight is 267 g/mol. The van der Waals surface area contributed by atoms with Crippen LogP contribution in [0.15, 0.2) is 23.3 Å². The summed E-state index contributed by atoms with van der Waals surface area (Å²) in [5, 5.41) is 21.0. The van der Waals surface area contributed by atoms with E-state index >= 15 is 0 Å². The van der Waals surface area contributed by atoms with E-state index < -0.39 is 11.9 Å². The molecule has 19 heavy (non-hydrogen) atoms. The maximum Gasteiger partial charge on any atom is 0.0668 e.